The van der Waals surface area contributed by atoms with Crippen molar-refractivity contribution < 1.29 is 22.7 Å². The largest absolute Gasteiger partial charge is 0.496 e. The summed E-state index contributed by atoms with van der Waals surface area (Å²) < 4.78 is 46.3. The molecule has 0 fully saturated rings. The third-order valence-electron chi connectivity index (χ3n) is 4.94. The van der Waals surface area contributed by atoms with Crippen molar-refractivity contribution in [1.82, 2.24) is 15.1 Å². The Labute approximate surface area is 161 Å². The van der Waals surface area contributed by atoms with E-state index in [1.54, 1.807) is 7.11 Å². The maximum atomic E-state index is 13.3. The molecule has 1 amide bonds. The van der Waals surface area contributed by atoms with Crippen LogP contribution in [0.1, 0.15) is 42.3 Å². The van der Waals surface area contributed by atoms with Crippen molar-refractivity contribution in [3.8, 4) is 5.75 Å². The van der Waals surface area contributed by atoms with E-state index in [1.807, 2.05) is 31.2 Å². The fraction of sp³-hybridized carbons (Fsp3) is 0.500. The number of hydrogen-bond acceptors (Lipinski definition) is 3. The summed E-state index contributed by atoms with van der Waals surface area (Å²) >= 11 is 0. The van der Waals surface area contributed by atoms with Crippen LogP contribution in [0.2, 0.25) is 0 Å². The molecule has 0 spiro atoms. The first kappa shape index (κ1) is 20.2. The minimum Gasteiger partial charge on any atom is -0.496 e. The van der Waals surface area contributed by atoms with Gasteiger partial charge in [-0.2, -0.15) is 18.3 Å². The fourth-order valence-electron chi connectivity index (χ4n) is 3.74. The lowest BCUT2D eigenvalue weighted by Gasteiger charge is -2.17. The Morgan fingerprint density at radius 1 is 1.29 bits per heavy atom. The van der Waals surface area contributed by atoms with Gasteiger partial charge in [-0.3, -0.25) is 9.48 Å². The number of methoxy groups -OCH3 is 1. The first-order chi connectivity index (χ1) is 13.3. The molecule has 3 rings (SSSR count). The highest BCUT2D eigenvalue weighted by Crippen LogP contribution is 2.35. The van der Waals surface area contributed by atoms with E-state index in [0.717, 1.165) is 17.7 Å². The van der Waals surface area contributed by atoms with Gasteiger partial charge in [0.15, 0.2) is 5.69 Å². The van der Waals surface area contributed by atoms with Crippen molar-refractivity contribution in [2.75, 3.05) is 7.11 Å². The molecular weight excluding hydrogens is 371 g/mol. The maximum Gasteiger partial charge on any atom is 0.435 e. The summed E-state index contributed by atoms with van der Waals surface area (Å²) in [7, 11) is 1.58. The number of halogens is 3. The van der Waals surface area contributed by atoms with Crippen LogP contribution in [0.25, 0.3) is 0 Å². The third kappa shape index (κ3) is 4.48. The molecule has 0 saturated carbocycles. The number of para-hydroxylation sites is 1. The molecule has 2 aromatic rings. The van der Waals surface area contributed by atoms with Gasteiger partial charge < -0.3 is 10.1 Å². The molecule has 152 valence electrons. The van der Waals surface area contributed by atoms with E-state index < -0.39 is 11.9 Å². The summed E-state index contributed by atoms with van der Waals surface area (Å²) in [6.45, 7) is 1.64. The van der Waals surface area contributed by atoms with Crippen LogP contribution in [0.4, 0.5) is 13.2 Å². The molecular formula is C20H24F3N3O2. The number of amides is 1. The molecule has 1 aliphatic carbocycles. The van der Waals surface area contributed by atoms with Crippen LogP contribution in [-0.4, -0.2) is 28.8 Å². The number of hydrogen-bond donors (Lipinski definition) is 1. The van der Waals surface area contributed by atoms with E-state index in [2.05, 4.69) is 10.4 Å². The molecule has 1 aromatic heterocycles. The number of carbonyl (C=O) groups excluding carboxylic acids is 1. The number of carbonyl (C=O) groups is 1. The molecule has 1 aromatic carbocycles. The topological polar surface area (TPSA) is 56.1 Å². The van der Waals surface area contributed by atoms with Crippen LogP contribution in [-0.2, 0) is 36.8 Å². The molecule has 5 nitrogen and oxygen atoms in total. The average Bonchev–Trinajstić information content (AvgIpc) is 3.01. The van der Waals surface area contributed by atoms with Crippen molar-refractivity contribution >= 4 is 5.91 Å². The van der Waals surface area contributed by atoms with E-state index in [0.29, 0.717) is 31.4 Å². The molecule has 0 saturated heterocycles. The lowest BCUT2D eigenvalue weighted by molar-refractivity contribution is -0.142. The summed E-state index contributed by atoms with van der Waals surface area (Å²) in [6, 6.07) is 7.32. The summed E-state index contributed by atoms with van der Waals surface area (Å²) in [5.41, 5.74) is 0.880. The van der Waals surface area contributed by atoms with Gasteiger partial charge in [-0.1, -0.05) is 18.2 Å². The second-order valence-electron chi connectivity index (χ2n) is 7.12. The van der Waals surface area contributed by atoms with Crippen molar-refractivity contribution in [2.24, 2.45) is 0 Å². The Hall–Kier alpha value is -2.51. The first-order valence-corrected chi connectivity index (χ1v) is 9.36. The van der Waals surface area contributed by atoms with E-state index in [9.17, 15) is 18.0 Å². The normalized spacial score (nSPS) is 15.0. The number of alkyl halides is 3. The predicted molar refractivity (Wildman–Crippen MR) is 98.2 cm³/mol. The number of aromatic nitrogens is 2. The van der Waals surface area contributed by atoms with Crippen LogP contribution < -0.4 is 10.1 Å². The molecule has 0 aliphatic heterocycles. The zero-order valence-electron chi connectivity index (χ0n) is 16.0. The van der Waals surface area contributed by atoms with E-state index in [1.165, 1.54) is 4.68 Å². The molecule has 1 heterocycles. The van der Waals surface area contributed by atoms with Crippen molar-refractivity contribution in [3.63, 3.8) is 0 Å². The molecule has 8 heteroatoms. The molecule has 1 N–H and O–H groups in total. The number of rotatable bonds is 6. The second-order valence-corrected chi connectivity index (χ2v) is 7.12. The summed E-state index contributed by atoms with van der Waals surface area (Å²) in [4.78, 5) is 12.4. The Kier molecular flexibility index (Phi) is 5.96. The van der Waals surface area contributed by atoms with Crippen LogP contribution in [0.5, 0.6) is 5.75 Å². The minimum absolute atomic E-state index is 0.197. The Morgan fingerprint density at radius 3 is 2.71 bits per heavy atom. The van der Waals surface area contributed by atoms with Crippen LogP contribution in [0.3, 0.4) is 0 Å². The second kappa shape index (κ2) is 8.24. The fourth-order valence-corrected chi connectivity index (χ4v) is 3.74. The Balaban J connectivity index is 1.69. The van der Waals surface area contributed by atoms with Crippen LogP contribution in [0, 0.1) is 0 Å². The van der Waals surface area contributed by atoms with E-state index in [4.69, 9.17) is 4.74 Å². The monoisotopic (exact) mass is 395 g/mol. The summed E-state index contributed by atoms with van der Waals surface area (Å²) in [6.07, 6.45) is -1.55. The molecule has 1 atom stereocenters. The van der Waals surface area contributed by atoms with E-state index >= 15 is 0 Å². The lowest BCUT2D eigenvalue weighted by Crippen LogP contribution is -2.37. The number of fused-ring (bicyclic) bond motifs is 1. The highest BCUT2D eigenvalue weighted by Gasteiger charge is 2.39. The SMILES string of the molecule is COc1ccccc1C[C@@H](C)NC(=O)Cn1nc(C(F)(F)F)c2c1CCCC2. The molecule has 0 unspecified atom stereocenters. The van der Waals surface area contributed by atoms with Crippen molar-refractivity contribution in [2.45, 2.75) is 57.8 Å². The summed E-state index contributed by atoms with van der Waals surface area (Å²) in [5, 5.41) is 6.58. The van der Waals surface area contributed by atoms with Gasteiger partial charge in [-0.05, 0) is 50.7 Å². The Morgan fingerprint density at radius 2 is 2.00 bits per heavy atom. The average molecular weight is 395 g/mol. The number of benzene rings is 1. The highest BCUT2D eigenvalue weighted by molar-refractivity contribution is 5.76. The maximum absolute atomic E-state index is 13.3. The molecule has 0 radical (unpaired) electrons. The highest BCUT2D eigenvalue weighted by atomic mass is 19.4. The van der Waals surface area contributed by atoms with Gasteiger partial charge in [0.2, 0.25) is 5.91 Å². The number of nitrogens with zero attached hydrogens (tertiary/aromatic N) is 2. The standard InChI is InChI=1S/C20H24F3N3O2/c1-13(11-14-7-3-6-10-17(14)28-2)24-18(27)12-26-16-9-5-4-8-15(16)19(25-26)20(21,22)23/h3,6-7,10,13H,4-5,8-9,11-12H2,1-2H3,(H,24,27)/t13-/m1/s1. The van der Waals surface area contributed by atoms with E-state index in [-0.39, 0.29) is 24.1 Å². The number of ether oxygens (including phenoxy) is 1. The zero-order valence-corrected chi connectivity index (χ0v) is 16.0. The molecule has 0 bridgehead atoms. The van der Waals surface area contributed by atoms with Crippen LogP contribution >= 0.6 is 0 Å². The minimum atomic E-state index is -4.50. The van der Waals surface area contributed by atoms with Gasteiger partial charge in [0.25, 0.3) is 0 Å². The van der Waals surface area contributed by atoms with Gasteiger partial charge in [-0.25, -0.2) is 0 Å². The van der Waals surface area contributed by atoms with Crippen molar-refractivity contribution in [3.05, 3.63) is 46.8 Å². The zero-order chi connectivity index (χ0) is 20.3. The van der Waals surface area contributed by atoms with Gasteiger partial charge in [0, 0.05) is 17.3 Å². The first-order valence-electron chi connectivity index (χ1n) is 9.36. The third-order valence-corrected chi connectivity index (χ3v) is 4.94. The molecule has 28 heavy (non-hydrogen) atoms. The molecule has 1 aliphatic rings. The van der Waals surface area contributed by atoms with Gasteiger partial charge >= 0.3 is 6.18 Å². The Bertz CT molecular complexity index is 846. The number of nitrogens with one attached hydrogen (secondary N) is 1. The smallest absolute Gasteiger partial charge is 0.435 e. The van der Waals surface area contributed by atoms with Gasteiger partial charge in [0.1, 0.15) is 12.3 Å². The van der Waals surface area contributed by atoms with Crippen molar-refractivity contribution in [1.29, 1.82) is 0 Å². The summed E-state index contributed by atoms with van der Waals surface area (Å²) in [5.74, 6) is 0.381. The van der Waals surface area contributed by atoms with Gasteiger partial charge in [-0.15, -0.1) is 0 Å². The van der Waals surface area contributed by atoms with Gasteiger partial charge in [0.05, 0.1) is 7.11 Å². The quantitative estimate of drug-likeness (QED) is 0.814. The van der Waals surface area contributed by atoms with Crippen LogP contribution in [0.15, 0.2) is 24.3 Å². The predicted octanol–water partition coefficient (Wildman–Crippen LogP) is 3.54. The lowest BCUT2D eigenvalue weighted by atomic mass is 9.95.